The Bertz CT molecular complexity index is 334. The second-order valence-electron chi connectivity index (χ2n) is 4.42. The lowest BCUT2D eigenvalue weighted by Crippen LogP contribution is -2.29. The van der Waals surface area contributed by atoms with Crippen LogP contribution in [0.15, 0.2) is 10.9 Å². The van der Waals surface area contributed by atoms with Gasteiger partial charge in [0.2, 0.25) is 0 Å². The first-order valence-corrected chi connectivity index (χ1v) is 6.30. The Morgan fingerprint density at radius 1 is 1.67 bits per heavy atom. The van der Waals surface area contributed by atoms with E-state index in [0.29, 0.717) is 17.5 Å². The van der Waals surface area contributed by atoms with Crippen LogP contribution in [0.2, 0.25) is 0 Å². The highest BCUT2D eigenvalue weighted by molar-refractivity contribution is 7.07. The molecule has 15 heavy (non-hydrogen) atoms. The predicted octanol–water partition coefficient (Wildman–Crippen LogP) is 2.26. The Morgan fingerprint density at radius 3 is 3.00 bits per heavy atom. The van der Waals surface area contributed by atoms with E-state index in [9.17, 15) is 4.79 Å². The maximum atomic E-state index is 11.9. The van der Waals surface area contributed by atoms with Crippen LogP contribution < -0.4 is 0 Å². The lowest BCUT2D eigenvalue weighted by Gasteiger charge is -2.16. The van der Waals surface area contributed by atoms with Gasteiger partial charge < -0.3 is 4.90 Å². The second kappa shape index (κ2) is 4.31. The van der Waals surface area contributed by atoms with Crippen LogP contribution in [0.4, 0.5) is 0 Å². The van der Waals surface area contributed by atoms with E-state index < -0.39 is 0 Å². The fraction of sp³-hybridized carbons (Fsp3) is 0.636. The normalized spacial score (nSPS) is 21.3. The van der Waals surface area contributed by atoms with Crippen molar-refractivity contribution in [2.75, 3.05) is 13.1 Å². The lowest BCUT2D eigenvalue weighted by atomic mass is 9.95. The molecule has 1 fully saturated rings. The standard InChI is InChI=1S/C11H16N2OS/c1-8(2)9-3-4-13(5-9)11(14)10-6-15-7-12-10/h6-9H,3-5H2,1-2H3. The molecule has 3 nitrogen and oxygen atoms in total. The lowest BCUT2D eigenvalue weighted by molar-refractivity contribution is 0.0779. The van der Waals surface area contributed by atoms with Gasteiger partial charge in [0, 0.05) is 18.5 Å². The number of hydrogen-bond donors (Lipinski definition) is 0. The van der Waals surface area contributed by atoms with Crippen LogP contribution in [-0.4, -0.2) is 28.9 Å². The Labute approximate surface area is 94.1 Å². The van der Waals surface area contributed by atoms with Gasteiger partial charge in [0.1, 0.15) is 5.69 Å². The zero-order valence-electron chi connectivity index (χ0n) is 9.14. The van der Waals surface area contributed by atoms with Crippen molar-refractivity contribution in [1.82, 2.24) is 9.88 Å². The summed E-state index contributed by atoms with van der Waals surface area (Å²) in [4.78, 5) is 17.9. The van der Waals surface area contributed by atoms with Crippen molar-refractivity contribution >= 4 is 17.2 Å². The Morgan fingerprint density at radius 2 is 2.47 bits per heavy atom. The molecule has 82 valence electrons. The van der Waals surface area contributed by atoms with E-state index in [1.54, 1.807) is 5.51 Å². The first-order chi connectivity index (χ1) is 7.18. The highest BCUT2D eigenvalue weighted by Gasteiger charge is 2.29. The third kappa shape index (κ3) is 2.20. The van der Waals surface area contributed by atoms with Crippen molar-refractivity contribution in [3.63, 3.8) is 0 Å². The molecule has 0 radical (unpaired) electrons. The van der Waals surface area contributed by atoms with Crippen molar-refractivity contribution in [2.45, 2.75) is 20.3 Å². The van der Waals surface area contributed by atoms with E-state index >= 15 is 0 Å². The van der Waals surface area contributed by atoms with Crippen LogP contribution in [0.5, 0.6) is 0 Å². The molecule has 1 aromatic rings. The van der Waals surface area contributed by atoms with Gasteiger partial charge in [-0.1, -0.05) is 13.8 Å². The predicted molar refractivity (Wildman–Crippen MR) is 61.0 cm³/mol. The summed E-state index contributed by atoms with van der Waals surface area (Å²) in [6, 6.07) is 0. The third-order valence-corrected chi connectivity index (χ3v) is 3.69. The van der Waals surface area contributed by atoms with Crippen LogP contribution in [0.1, 0.15) is 30.8 Å². The van der Waals surface area contributed by atoms with Crippen LogP contribution in [0.25, 0.3) is 0 Å². The number of carbonyl (C=O) groups is 1. The summed E-state index contributed by atoms with van der Waals surface area (Å²) >= 11 is 1.48. The molecule has 1 aromatic heterocycles. The Kier molecular flexibility index (Phi) is 3.05. The summed E-state index contributed by atoms with van der Waals surface area (Å²) in [7, 11) is 0. The summed E-state index contributed by atoms with van der Waals surface area (Å²) in [5.41, 5.74) is 2.31. The largest absolute Gasteiger partial charge is 0.337 e. The van der Waals surface area contributed by atoms with Crippen LogP contribution in [0.3, 0.4) is 0 Å². The van der Waals surface area contributed by atoms with Crippen LogP contribution in [-0.2, 0) is 0 Å². The molecule has 0 N–H and O–H groups in total. The minimum absolute atomic E-state index is 0.0967. The third-order valence-electron chi connectivity index (χ3n) is 3.11. The molecule has 1 aliphatic rings. The van der Waals surface area contributed by atoms with Gasteiger partial charge in [-0.2, -0.15) is 0 Å². The van der Waals surface area contributed by atoms with Crippen molar-refractivity contribution in [3.8, 4) is 0 Å². The van der Waals surface area contributed by atoms with Crippen LogP contribution >= 0.6 is 11.3 Å². The van der Waals surface area contributed by atoms with Gasteiger partial charge in [0.05, 0.1) is 5.51 Å². The second-order valence-corrected chi connectivity index (χ2v) is 5.14. The maximum Gasteiger partial charge on any atom is 0.273 e. The molecule has 1 aliphatic heterocycles. The van der Waals surface area contributed by atoms with E-state index in [4.69, 9.17) is 0 Å². The molecule has 2 rings (SSSR count). The molecule has 1 amide bonds. The van der Waals surface area contributed by atoms with Gasteiger partial charge in [0.15, 0.2) is 0 Å². The smallest absolute Gasteiger partial charge is 0.273 e. The molecule has 0 aliphatic carbocycles. The molecule has 0 aromatic carbocycles. The topological polar surface area (TPSA) is 33.2 Å². The SMILES string of the molecule is CC(C)C1CCN(C(=O)c2cscn2)C1. The Balaban J connectivity index is 1.99. The van der Waals surface area contributed by atoms with E-state index in [1.165, 1.54) is 11.3 Å². The number of thiazole rings is 1. The van der Waals surface area contributed by atoms with Gasteiger partial charge in [0.25, 0.3) is 5.91 Å². The van der Waals surface area contributed by atoms with Gasteiger partial charge in [-0.15, -0.1) is 11.3 Å². The van der Waals surface area contributed by atoms with Gasteiger partial charge >= 0.3 is 0 Å². The Hall–Kier alpha value is -0.900. The monoisotopic (exact) mass is 224 g/mol. The van der Waals surface area contributed by atoms with Gasteiger partial charge in [-0.3, -0.25) is 4.79 Å². The quantitative estimate of drug-likeness (QED) is 0.772. The molecule has 0 bridgehead atoms. The zero-order chi connectivity index (χ0) is 10.8. The summed E-state index contributed by atoms with van der Waals surface area (Å²) in [5.74, 6) is 1.42. The highest BCUT2D eigenvalue weighted by atomic mass is 32.1. The zero-order valence-corrected chi connectivity index (χ0v) is 9.96. The van der Waals surface area contributed by atoms with E-state index in [0.717, 1.165) is 19.5 Å². The summed E-state index contributed by atoms with van der Waals surface area (Å²) < 4.78 is 0. The molecule has 2 heterocycles. The van der Waals surface area contributed by atoms with Gasteiger partial charge in [-0.05, 0) is 18.3 Å². The number of hydrogen-bond acceptors (Lipinski definition) is 3. The van der Waals surface area contributed by atoms with Crippen molar-refractivity contribution in [1.29, 1.82) is 0 Å². The minimum Gasteiger partial charge on any atom is -0.337 e. The number of likely N-dealkylation sites (tertiary alicyclic amines) is 1. The van der Waals surface area contributed by atoms with E-state index in [1.807, 2.05) is 10.3 Å². The summed E-state index contributed by atoms with van der Waals surface area (Å²) in [5, 5.41) is 1.82. The minimum atomic E-state index is 0.0967. The molecular formula is C11H16N2OS. The molecular weight excluding hydrogens is 208 g/mol. The number of rotatable bonds is 2. The molecule has 0 saturated carbocycles. The molecule has 1 saturated heterocycles. The van der Waals surface area contributed by atoms with Crippen molar-refractivity contribution in [2.24, 2.45) is 11.8 Å². The van der Waals surface area contributed by atoms with E-state index in [2.05, 4.69) is 18.8 Å². The van der Waals surface area contributed by atoms with Crippen molar-refractivity contribution in [3.05, 3.63) is 16.6 Å². The van der Waals surface area contributed by atoms with Crippen LogP contribution in [0, 0.1) is 11.8 Å². The maximum absolute atomic E-state index is 11.9. The molecule has 0 spiro atoms. The number of carbonyl (C=O) groups excluding carboxylic acids is 1. The molecule has 1 atom stereocenters. The van der Waals surface area contributed by atoms with Crippen molar-refractivity contribution < 1.29 is 4.79 Å². The molecule has 1 unspecified atom stereocenters. The highest BCUT2D eigenvalue weighted by Crippen LogP contribution is 2.24. The molecule has 4 heteroatoms. The number of nitrogens with zero attached hydrogens (tertiary/aromatic N) is 2. The van der Waals surface area contributed by atoms with Gasteiger partial charge in [-0.25, -0.2) is 4.98 Å². The fourth-order valence-corrected chi connectivity index (χ4v) is 2.52. The average molecular weight is 224 g/mol. The summed E-state index contributed by atoms with van der Waals surface area (Å²) in [6.45, 7) is 6.23. The first kappa shape index (κ1) is 10.6. The fourth-order valence-electron chi connectivity index (χ4n) is 2.00. The summed E-state index contributed by atoms with van der Waals surface area (Å²) in [6.07, 6.45) is 1.13. The first-order valence-electron chi connectivity index (χ1n) is 5.36. The average Bonchev–Trinajstić information content (AvgIpc) is 2.88. The number of amides is 1. The number of aromatic nitrogens is 1. The van der Waals surface area contributed by atoms with E-state index in [-0.39, 0.29) is 5.91 Å².